The van der Waals surface area contributed by atoms with Gasteiger partial charge >= 0.3 is 0 Å². The lowest BCUT2D eigenvalue weighted by Crippen LogP contribution is -2.03. The number of benzene rings is 1. The molecule has 2 rings (SSSR count). The van der Waals surface area contributed by atoms with Crippen molar-refractivity contribution in [2.24, 2.45) is 0 Å². The zero-order chi connectivity index (χ0) is 13.1. The van der Waals surface area contributed by atoms with Crippen LogP contribution in [0.3, 0.4) is 0 Å². The summed E-state index contributed by atoms with van der Waals surface area (Å²) < 4.78 is 0.933. The lowest BCUT2D eigenvalue weighted by molar-refractivity contribution is 0.178. The zero-order valence-electron chi connectivity index (χ0n) is 9.90. The molecule has 0 aliphatic rings. The van der Waals surface area contributed by atoms with Gasteiger partial charge in [-0.2, -0.15) is 0 Å². The minimum absolute atomic E-state index is 0.483. The topological polar surface area (TPSA) is 33.1 Å². The van der Waals surface area contributed by atoms with Gasteiger partial charge < -0.3 is 5.11 Å². The summed E-state index contributed by atoms with van der Waals surface area (Å²) in [5.74, 6) is 0. The van der Waals surface area contributed by atoms with Crippen molar-refractivity contribution in [2.75, 3.05) is 0 Å². The molecule has 0 spiro atoms. The van der Waals surface area contributed by atoms with Crippen molar-refractivity contribution in [1.82, 2.24) is 4.98 Å². The summed E-state index contributed by atoms with van der Waals surface area (Å²) in [5, 5.41) is 10.8. The van der Waals surface area contributed by atoms with E-state index >= 15 is 0 Å². The van der Waals surface area contributed by atoms with E-state index in [1.54, 1.807) is 6.20 Å². The number of aliphatic hydroxyl groups excluding tert-OH is 1. The Bertz CT molecular complexity index is 542. The minimum Gasteiger partial charge on any atom is -0.388 e. The van der Waals surface area contributed by atoms with E-state index in [-0.39, 0.29) is 0 Å². The summed E-state index contributed by atoms with van der Waals surface area (Å²) in [4.78, 5) is 4.18. The number of aromatic nitrogens is 1. The number of nitrogens with zero attached hydrogens (tertiary/aromatic N) is 1. The second-order valence-corrected chi connectivity index (χ2v) is 5.51. The molecular formula is C14H13BrClNO. The Morgan fingerprint density at radius 2 is 2.11 bits per heavy atom. The van der Waals surface area contributed by atoms with Gasteiger partial charge in [-0.3, -0.25) is 4.98 Å². The molecule has 0 saturated heterocycles. The third-order valence-corrected chi connectivity index (χ3v) is 3.59. The molecule has 2 aromatic rings. The number of rotatable bonds is 3. The molecule has 4 heteroatoms. The summed E-state index contributed by atoms with van der Waals surface area (Å²) in [5.41, 5.74) is 2.67. The fourth-order valence-electron chi connectivity index (χ4n) is 1.69. The summed E-state index contributed by atoms with van der Waals surface area (Å²) in [6.07, 6.45) is 1.60. The Morgan fingerprint density at radius 1 is 1.33 bits per heavy atom. The molecule has 2 nitrogen and oxygen atoms in total. The van der Waals surface area contributed by atoms with Gasteiger partial charge in [0.1, 0.15) is 0 Å². The highest BCUT2D eigenvalue weighted by molar-refractivity contribution is 9.10. The molecule has 1 aromatic carbocycles. The van der Waals surface area contributed by atoms with E-state index in [0.717, 1.165) is 21.3 Å². The first-order valence-corrected chi connectivity index (χ1v) is 6.78. The van der Waals surface area contributed by atoms with Crippen LogP contribution in [0.4, 0.5) is 0 Å². The molecule has 94 valence electrons. The highest BCUT2D eigenvalue weighted by Gasteiger charge is 2.11. The Hall–Kier alpha value is -0.900. The molecule has 0 radical (unpaired) electrons. The molecule has 1 N–H and O–H groups in total. The van der Waals surface area contributed by atoms with Crippen molar-refractivity contribution in [1.29, 1.82) is 0 Å². The fourth-order valence-corrected chi connectivity index (χ4v) is 2.44. The predicted molar refractivity (Wildman–Crippen MR) is 76.8 cm³/mol. The molecule has 1 atom stereocenters. The van der Waals surface area contributed by atoms with Gasteiger partial charge in [-0.05, 0) is 36.2 Å². The lowest BCUT2D eigenvalue weighted by atomic mass is 10.0. The number of hydrogen-bond donors (Lipinski definition) is 1. The molecular weight excluding hydrogens is 314 g/mol. The monoisotopic (exact) mass is 325 g/mol. The maximum Gasteiger partial charge on any atom is 0.0845 e. The molecule has 1 unspecified atom stereocenters. The smallest absolute Gasteiger partial charge is 0.0845 e. The number of pyridine rings is 1. The van der Waals surface area contributed by atoms with Crippen molar-refractivity contribution >= 4 is 27.5 Å². The van der Waals surface area contributed by atoms with E-state index in [1.807, 2.05) is 37.3 Å². The van der Waals surface area contributed by atoms with Crippen molar-refractivity contribution in [3.05, 3.63) is 62.8 Å². The maximum atomic E-state index is 10.1. The van der Waals surface area contributed by atoms with Gasteiger partial charge in [0.05, 0.1) is 6.10 Å². The second kappa shape index (κ2) is 5.83. The van der Waals surface area contributed by atoms with Crippen LogP contribution in [0.2, 0.25) is 5.02 Å². The minimum atomic E-state index is -0.586. The average Bonchev–Trinajstić information content (AvgIpc) is 2.33. The van der Waals surface area contributed by atoms with Crippen LogP contribution in [-0.2, 0) is 6.42 Å². The van der Waals surface area contributed by atoms with Gasteiger partial charge in [-0.25, -0.2) is 0 Å². The molecule has 0 amide bonds. The van der Waals surface area contributed by atoms with Crippen LogP contribution in [-0.4, -0.2) is 10.1 Å². The van der Waals surface area contributed by atoms with Crippen molar-refractivity contribution < 1.29 is 5.11 Å². The molecule has 0 fully saturated rings. The molecule has 0 aliphatic heterocycles. The third-order valence-electron chi connectivity index (χ3n) is 2.75. The highest BCUT2D eigenvalue weighted by Crippen LogP contribution is 2.26. The van der Waals surface area contributed by atoms with Gasteiger partial charge in [0, 0.05) is 27.8 Å². The summed E-state index contributed by atoms with van der Waals surface area (Å²) in [6.45, 7) is 1.92. The van der Waals surface area contributed by atoms with Crippen LogP contribution in [0.25, 0.3) is 0 Å². The van der Waals surface area contributed by atoms with Crippen molar-refractivity contribution in [2.45, 2.75) is 19.4 Å². The van der Waals surface area contributed by atoms with Crippen LogP contribution < -0.4 is 0 Å². The third kappa shape index (κ3) is 3.31. The normalized spacial score (nSPS) is 12.4. The Morgan fingerprint density at radius 3 is 2.72 bits per heavy atom. The van der Waals surface area contributed by atoms with Gasteiger partial charge in [-0.15, -0.1) is 0 Å². The molecule has 0 bridgehead atoms. The van der Waals surface area contributed by atoms with E-state index < -0.39 is 6.10 Å². The molecule has 0 saturated carbocycles. The second-order valence-electron chi connectivity index (χ2n) is 4.19. The molecule has 18 heavy (non-hydrogen) atoms. The Kier molecular flexibility index (Phi) is 4.38. The fraction of sp³-hybridized carbons (Fsp3) is 0.214. The van der Waals surface area contributed by atoms with Gasteiger partial charge in [0.15, 0.2) is 0 Å². The summed E-state index contributed by atoms with van der Waals surface area (Å²) >= 11 is 9.49. The largest absolute Gasteiger partial charge is 0.388 e. The van der Waals surface area contributed by atoms with Crippen LogP contribution in [0.5, 0.6) is 0 Å². The number of aliphatic hydroxyl groups is 1. The number of aryl methyl sites for hydroxylation is 1. The molecule has 0 aliphatic carbocycles. The first kappa shape index (κ1) is 13.5. The highest BCUT2D eigenvalue weighted by atomic mass is 79.9. The maximum absolute atomic E-state index is 10.1. The molecule has 1 heterocycles. The van der Waals surface area contributed by atoms with Crippen LogP contribution in [0.15, 0.2) is 41.0 Å². The summed E-state index contributed by atoms with van der Waals surface area (Å²) in [7, 11) is 0. The standard InChI is InChI=1S/C14H13BrClNO/c1-9-2-3-11(8-17-9)14(18)6-10-4-5-12(15)7-13(10)16/h2-5,7-8,14,18H,6H2,1H3. The first-order chi connectivity index (χ1) is 8.56. The summed E-state index contributed by atoms with van der Waals surface area (Å²) in [6, 6.07) is 9.44. The van der Waals surface area contributed by atoms with E-state index in [9.17, 15) is 5.11 Å². The van der Waals surface area contributed by atoms with Gasteiger partial charge in [-0.1, -0.05) is 39.7 Å². The van der Waals surface area contributed by atoms with Crippen LogP contribution in [0, 0.1) is 6.92 Å². The number of hydrogen-bond acceptors (Lipinski definition) is 2. The van der Waals surface area contributed by atoms with Gasteiger partial charge in [0.2, 0.25) is 0 Å². The lowest BCUT2D eigenvalue weighted by Gasteiger charge is -2.12. The average molecular weight is 327 g/mol. The van der Waals surface area contributed by atoms with Crippen LogP contribution >= 0.6 is 27.5 Å². The van der Waals surface area contributed by atoms with Crippen molar-refractivity contribution in [3.63, 3.8) is 0 Å². The Balaban J connectivity index is 2.15. The predicted octanol–water partition coefficient (Wildman–Crippen LogP) is 4.08. The van der Waals surface area contributed by atoms with Crippen LogP contribution in [0.1, 0.15) is 22.9 Å². The van der Waals surface area contributed by atoms with E-state index in [4.69, 9.17) is 11.6 Å². The Labute approximate surface area is 120 Å². The van der Waals surface area contributed by atoms with E-state index in [1.165, 1.54) is 0 Å². The first-order valence-electron chi connectivity index (χ1n) is 5.61. The van der Waals surface area contributed by atoms with E-state index in [2.05, 4.69) is 20.9 Å². The van der Waals surface area contributed by atoms with Gasteiger partial charge in [0.25, 0.3) is 0 Å². The van der Waals surface area contributed by atoms with E-state index in [0.29, 0.717) is 11.4 Å². The quantitative estimate of drug-likeness (QED) is 0.922. The van der Waals surface area contributed by atoms with Crippen molar-refractivity contribution in [3.8, 4) is 0 Å². The SMILES string of the molecule is Cc1ccc(C(O)Cc2ccc(Br)cc2Cl)cn1. The zero-order valence-corrected chi connectivity index (χ0v) is 12.2. The number of halogens is 2. The molecule has 1 aromatic heterocycles.